The molecular weight excluding hydrogens is 415 g/mol. The van der Waals surface area contributed by atoms with Crippen LogP contribution in [-0.2, 0) is 16.4 Å². The number of carbonyl (C=O) groups excluding carboxylic acids is 1. The average Bonchev–Trinajstić information content (AvgIpc) is 3.29. The number of amides is 1. The van der Waals surface area contributed by atoms with Crippen LogP contribution in [-0.4, -0.2) is 49.2 Å². The van der Waals surface area contributed by atoms with Gasteiger partial charge in [0.2, 0.25) is 10.0 Å². The maximum Gasteiger partial charge on any atom is 0.254 e. The van der Waals surface area contributed by atoms with Crippen LogP contribution in [0, 0.1) is 5.82 Å². The molecule has 0 spiro atoms. The number of sulfonamides is 1. The third kappa shape index (κ3) is 5.52. The molecule has 0 saturated heterocycles. The summed E-state index contributed by atoms with van der Waals surface area (Å²) in [5.41, 5.74) is 1.47. The van der Waals surface area contributed by atoms with E-state index in [-0.39, 0.29) is 28.7 Å². The zero-order valence-corrected chi connectivity index (χ0v) is 19.2. The summed E-state index contributed by atoms with van der Waals surface area (Å²) in [6, 6.07) is 12.6. The highest BCUT2D eigenvalue weighted by molar-refractivity contribution is 7.89. The van der Waals surface area contributed by atoms with E-state index in [0.29, 0.717) is 18.5 Å². The maximum absolute atomic E-state index is 13.3. The van der Waals surface area contributed by atoms with E-state index in [4.69, 9.17) is 0 Å². The van der Waals surface area contributed by atoms with Crippen molar-refractivity contribution in [3.8, 4) is 0 Å². The molecule has 1 saturated carbocycles. The Kier molecular flexibility index (Phi) is 7.49. The molecule has 5 nitrogen and oxygen atoms in total. The molecule has 168 valence electrons. The van der Waals surface area contributed by atoms with E-state index in [2.05, 4.69) is 0 Å². The molecule has 1 aliphatic rings. The van der Waals surface area contributed by atoms with Crippen molar-refractivity contribution in [1.82, 2.24) is 9.21 Å². The zero-order valence-electron chi connectivity index (χ0n) is 18.4. The van der Waals surface area contributed by atoms with Crippen LogP contribution in [0.15, 0.2) is 53.4 Å². The van der Waals surface area contributed by atoms with Crippen LogP contribution in [0.25, 0.3) is 0 Å². The van der Waals surface area contributed by atoms with Crippen LogP contribution in [0.1, 0.15) is 55.5 Å². The maximum atomic E-state index is 13.3. The van der Waals surface area contributed by atoms with E-state index in [1.165, 1.54) is 28.6 Å². The average molecular weight is 447 g/mol. The zero-order chi connectivity index (χ0) is 22.6. The predicted octanol–water partition coefficient (Wildman–Crippen LogP) is 4.48. The lowest BCUT2D eigenvalue weighted by Gasteiger charge is -2.29. The highest BCUT2D eigenvalue weighted by atomic mass is 32.2. The van der Waals surface area contributed by atoms with E-state index >= 15 is 0 Å². The van der Waals surface area contributed by atoms with Gasteiger partial charge in [0.15, 0.2) is 0 Å². The number of benzene rings is 2. The van der Waals surface area contributed by atoms with Crippen molar-refractivity contribution in [3.05, 3.63) is 65.5 Å². The van der Waals surface area contributed by atoms with Gasteiger partial charge in [0.05, 0.1) is 4.90 Å². The Bertz CT molecular complexity index is 982. The van der Waals surface area contributed by atoms with Crippen molar-refractivity contribution in [2.75, 3.05) is 13.6 Å². The van der Waals surface area contributed by atoms with Crippen molar-refractivity contribution < 1.29 is 17.6 Å². The SMILES string of the molecule is CC(C)N(C)S(=O)(=O)c1ccc(C(=O)N(CCc2ccc(F)cc2)C2CCCC2)cc1. The van der Waals surface area contributed by atoms with Gasteiger partial charge in [0.25, 0.3) is 5.91 Å². The van der Waals surface area contributed by atoms with E-state index in [0.717, 1.165) is 31.2 Å². The first-order chi connectivity index (χ1) is 14.7. The largest absolute Gasteiger partial charge is 0.335 e. The lowest BCUT2D eigenvalue weighted by molar-refractivity contribution is 0.0684. The predicted molar refractivity (Wildman–Crippen MR) is 120 cm³/mol. The van der Waals surface area contributed by atoms with Crippen molar-refractivity contribution in [2.24, 2.45) is 0 Å². The van der Waals surface area contributed by atoms with Gasteiger partial charge in [-0.1, -0.05) is 25.0 Å². The van der Waals surface area contributed by atoms with Crippen LogP contribution in [0.3, 0.4) is 0 Å². The number of carbonyl (C=O) groups is 1. The van der Waals surface area contributed by atoms with Crippen molar-refractivity contribution in [3.63, 3.8) is 0 Å². The van der Waals surface area contributed by atoms with Crippen LogP contribution in [0.2, 0.25) is 0 Å². The first kappa shape index (κ1) is 23.4. The number of halogens is 1. The Hall–Kier alpha value is -2.25. The molecule has 0 radical (unpaired) electrons. The Morgan fingerprint density at radius 1 is 1.03 bits per heavy atom. The summed E-state index contributed by atoms with van der Waals surface area (Å²) < 4.78 is 39.9. The minimum Gasteiger partial charge on any atom is -0.335 e. The fraction of sp³-hybridized carbons (Fsp3) is 0.458. The fourth-order valence-electron chi connectivity index (χ4n) is 3.95. The second-order valence-corrected chi connectivity index (χ2v) is 10.5. The Morgan fingerprint density at radius 3 is 2.16 bits per heavy atom. The minimum absolute atomic E-state index is 0.0878. The second-order valence-electron chi connectivity index (χ2n) is 8.45. The first-order valence-electron chi connectivity index (χ1n) is 10.8. The lowest BCUT2D eigenvalue weighted by atomic mass is 10.1. The molecule has 31 heavy (non-hydrogen) atoms. The van der Waals surface area contributed by atoms with Gasteiger partial charge in [-0.3, -0.25) is 4.79 Å². The molecule has 1 aliphatic carbocycles. The Labute approximate surface area is 184 Å². The smallest absolute Gasteiger partial charge is 0.254 e. The summed E-state index contributed by atoms with van der Waals surface area (Å²) in [6.07, 6.45) is 4.79. The molecule has 0 aromatic heterocycles. The molecule has 7 heteroatoms. The molecule has 0 unspecified atom stereocenters. The standard InChI is InChI=1S/C24H31FN2O3S/c1-18(2)26(3)31(29,30)23-14-10-20(11-15-23)24(28)27(22-6-4-5-7-22)17-16-19-8-12-21(25)13-9-19/h8-15,18,22H,4-7,16-17H2,1-3H3. The molecule has 0 bridgehead atoms. The molecule has 1 fully saturated rings. The Morgan fingerprint density at radius 2 is 1.61 bits per heavy atom. The molecule has 2 aromatic carbocycles. The molecule has 2 aromatic rings. The number of rotatable bonds is 8. The van der Waals surface area contributed by atoms with E-state index < -0.39 is 10.0 Å². The van der Waals surface area contributed by atoms with Crippen molar-refractivity contribution in [1.29, 1.82) is 0 Å². The molecule has 0 atom stereocenters. The molecule has 0 heterocycles. The van der Waals surface area contributed by atoms with Gasteiger partial charge in [-0.05, 0) is 75.1 Å². The Balaban J connectivity index is 1.78. The molecule has 0 aliphatic heterocycles. The summed E-state index contributed by atoms with van der Waals surface area (Å²) >= 11 is 0. The first-order valence-corrected chi connectivity index (χ1v) is 12.3. The van der Waals surface area contributed by atoms with Crippen molar-refractivity contribution >= 4 is 15.9 Å². The van der Waals surface area contributed by atoms with Crippen molar-refractivity contribution in [2.45, 2.75) is 62.9 Å². The van der Waals surface area contributed by atoms with E-state index in [1.807, 2.05) is 18.7 Å². The van der Waals surface area contributed by atoms with Crippen LogP contribution >= 0.6 is 0 Å². The second kappa shape index (κ2) is 9.92. The number of nitrogens with zero attached hydrogens (tertiary/aromatic N) is 2. The minimum atomic E-state index is -3.59. The van der Waals surface area contributed by atoms with Gasteiger partial charge in [0.1, 0.15) is 5.82 Å². The molecule has 3 rings (SSSR count). The van der Waals surface area contributed by atoms with Gasteiger partial charge in [-0.15, -0.1) is 0 Å². The van der Waals surface area contributed by atoms with Gasteiger partial charge >= 0.3 is 0 Å². The highest BCUT2D eigenvalue weighted by Gasteiger charge is 2.28. The number of hydrogen-bond acceptors (Lipinski definition) is 3. The normalized spacial score (nSPS) is 15.0. The van der Waals surface area contributed by atoms with Gasteiger partial charge < -0.3 is 4.90 Å². The summed E-state index contributed by atoms with van der Waals surface area (Å²) in [5.74, 6) is -0.360. The van der Waals surface area contributed by atoms with Crippen LogP contribution < -0.4 is 0 Å². The quantitative estimate of drug-likeness (QED) is 0.601. The third-order valence-electron chi connectivity index (χ3n) is 6.09. The molecule has 0 N–H and O–H groups in total. The van der Waals surface area contributed by atoms with E-state index in [9.17, 15) is 17.6 Å². The van der Waals surface area contributed by atoms with Crippen LogP contribution in [0.4, 0.5) is 4.39 Å². The molecular formula is C24H31FN2O3S. The van der Waals surface area contributed by atoms with E-state index in [1.54, 1.807) is 31.3 Å². The topological polar surface area (TPSA) is 57.7 Å². The third-order valence-corrected chi connectivity index (χ3v) is 8.13. The number of hydrogen-bond donors (Lipinski definition) is 0. The van der Waals surface area contributed by atoms with Gasteiger partial charge in [0, 0.05) is 31.2 Å². The summed E-state index contributed by atoms with van der Waals surface area (Å²) in [4.78, 5) is 15.4. The summed E-state index contributed by atoms with van der Waals surface area (Å²) in [6.45, 7) is 4.18. The summed E-state index contributed by atoms with van der Waals surface area (Å²) in [7, 11) is -2.04. The highest BCUT2D eigenvalue weighted by Crippen LogP contribution is 2.26. The van der Waals surface area contributed by atoms with Gasteiger partial charge in [-0.2, -0.15) is 4.31 Å². The fourth-order valence-corrected chi connectivity index (χ4v) is 5.31. The lowest BCUT2D eigenvalue weighted by Crippen LogP contribution is -2.40. The summed E-state index contributed by atoms with van der Waals surface area (Å²) in [5, 5.41) is 0. The monoisotopic (exact) mass is 446 g/mol. The molecule has 1 amide bonds. The van der Waals surface area contributed by atoms with Gasteiger partial charge in [-0.25, -0.2) is 12.8 Å². The van der Waals surface area contributed by atoms with Crippen LogP contribution in [0.5, 0.6) is 0 Å².